The van der Waals surface area contributed by atoms with Gasteiger partial charge in [0, 0.05) is 6.42 Å². The maximum Gasteiger partial charge on any atom is 0.147 e. The van der Waals surface area contributed by atoms with Gasteiger partial charge in [-0.1, -0.05) is 18.2 Å². The fraction of sp³-hybridized carbons (Fsp3) is 0.250. The van der Waals surface area contributed by atoms with E-state index in [1.54, 1.807) is 0 Å². The van der Waals surface area contributed by atoms with Crippen molar-refractivity contribution in [3.8, 4) is 11.5 Å². The van der Waals surface area contributed by atoms with E-state index in [2.05, 4.69) is 31.9 Å². The molecule has 0 radical (unpaired) electrons. The third-order valence-corrected chi connectivity index (χ3v) is 3.87. The van der Waals surface area contributed by atoms with Crippen molar-refractivity contribution in [1.29, 1.82) is 0 Å². The van der Waals surface area contributed by atoms with Crippen LogP contribution < -0.4 is 9.47 Å². The SMILES string of the molecule is Cc1cc(Br)c(OCCCOc2ccccc2)c(Br)c1. The molecule has 0 aliphatic carbocycles. The van der Waals surface area contributed by atoms with Crippen molar-refractivity contribution in [2.75, 3.05) is 13.2 Å². The maximum absolute atomic E-state index is 5.79. The molecule has 0 atom stereocenters. The number of aryl methyl sites for hydroxylation is 1. The van der Waals surface area contributed by atoms with Gasteiger partial charge >= 0.3 is 0 Å². The first-order valence-corrected chi connectivity index (χ1v) is 8.01. The lowest BCUT2D eigenvalue weighted by atomic mass is 10.2. The third kappa shape index (κ3) is 4.53. The van der Waals surface area contributed by atoms with Crippen molar-refractivity contribution in [3.05, 3.63) is 57.0 Å². The van der Waals surface area contributed by atoms with Crippen LogP contribution in [0, 0.1) is 6.92 Å². The second-order valence-electron chi connectivity index (χ2n) is 4.42. The summed E-state index contributed by atoms with van der Waals surface area (Å²) in [6, 6.07) is 13.9. The molecule has 0 aliphatic heterocycles. The van der Waals surface area contributed by atoms with E-state index in [0.29, 0.717) is 13.2 Å². The molecule has 0 heterocycles. The van der Waals surface area contributed by atoms with Gasteiger partial charge in [0.1, 0.15) is 11.5 Å². The molecule has 0 spiro atoms. The summed E-state index contributed by atoms with van der Waals surface area (Å²) >= 11 is 7.04. The van der Waals surface area contributed by atoms with Gasteiger partial charge in [-0.25, -0.2) is 0 Å². The largest absolute Gasteiger partial charge is 0.493 e. The molecular formula is C16H16Br2O2. The van der Waals surface area contributed by atoms with Gasteiger partial charge in [0.15, 0.2) is 0 Å². The minimum absolute atomic E-state index is 0.618. The van der Waals surface area contributed by atoms with Crippen LogP contribution >= 0.6 is 31.9 Å². The monoisotopic (exact) mass is 398 g/mol. The van der Waals surface area contributed by atoms with Crippen LogP contribution in [0.15, 0.2) is 51.4 Å². The summed E-state index contributed by atoms with van der Waals surface area (Å²) in [6.07, 6.45) is 0.835. The molecule has 2 aromatic rings. The zero-order valence-electron chi connectivity index (χ0n) is 11.2. The Morgan fingerprint density at radius 2 is 1.50 bits per heavy atom. The van der Waals surface area contributed by atoms with E-state index in [4.69, 9.17) is 9.47 Å². The lowest BCUT2D eigenvalue weighted by molar-refractivity contribution is 0.246. The minimum Gasteiger partial charge on any atom is -0.493 e. The summed E-state index contributed by atoms with van der Waals surface area (Å²) in [5, 5.41) is 0. The number of rotatable bonds is 6. The van der Waals surface area contributed by atoms with Gasteiger partial charge in [-0.15, -0.1) is 0 Å². The van der Waals surface area contributed by atoms with Crippen LogP contribution in [-0.4, -0.2) is 13.2 Å². The zero-order chi connectivity index (χ0) is 14.4. The Bertz CT molecular complexity index is 533. The molecule has 0 N–H and O–H groups in total. The van der Waals surface area contributed by atoms with Gasteiger partial charge < -0.3 is 9.47 Å². The van der Waals surface area contributed by atoms with Crippen molar-refractivity contribution < 1.29 is 9.47 Å². The molecular weight excluding hydrogens is 384 g/mol. The number of benzene rings is 2. The van der Waals surface area contributed by atoms with Crippen LogP contribution in [0.3, 0.4) is 0 Å². The van der Waals surface area contributed by atoms with Crippen LogP contribution in [0.2, 0.25) is 0 Å². The highest BCUT2D eigenvalue weighted by atomic mass is 79.9. The first-order valence-electron chi connectivity index (χ1n) is 6.43. The molecule has 0 fully saturated rings. The summed E-state index contributed by atoms with van der Waals surface area (Å²) < 4.78 is 13.3. The molecule has 0 unspecified atom stereocenters. The van der Waals surface area contributed by atoms with Gasteiger partial charge in [0.25, 0.3) is 0 Å². The van der Waals surface area contributed by atoms with E-state index in [0.717, 1.165) is 26.9 Å². The van der Waals surface area contributed by atoms with Gasteiger partial charge in [-0.05, 0) is 68.6 Å². The molecule has 0 saturated carbocycles. The first-order chi connectivity index (χ1) is 9.66. The van der Waals surface area contributed by atoms with E-state index in [1.165, 1.54) is 5.56 Å². The van der Waals surface area contributed by atoms with Gasteiger partial charge in [0.05, 0.1) is 22.2 Å². The Kier molecular flexibility index (Phi) is 5.92. The van der Waals surface area contributed by atoms with Crippen LogP contribution in [0.25, 0.3) is 0 Å². The molecule has 0 aliphatic rings. The van der Waals surface area contributed by atoms with Crippen molar-refractivity contribution >= 4 is 31.9 Å². The van der Waals surface area contributed by atoms with Gasteiger partial charge in [-0.3, -0.25) is 0 Å². The Balaban J connectivity index is 1.76. The molecule has 2 nitrogen and oxygen atoms in total. The molecule has 20 heavy (non-hydrogen) atoms. The first kappa shape index (κ1) is 15.4. The highest BCUT2D eigenvalue weighted by molar-refractivity contribution is 9.11. The molecule has 4 heteroatoms. The summed E-state index contributed by atoms with van der Waals surface area (Å²) in [4.78, 5) is 0. The van der Waals surface area contributed by atoms with Crippen LogP contribution in [-0.2, 0) is 0 Å². The van der Waals surface area contributed by atoms with Crippen molar-refractivity contribution in [3.63, 3.8) is 0 Å². The summed E-state index contributed by atoms with van der Waals surface area (Å²) in [5.41, 5.74) is 1.18. The minimum atomic E-state index is 0.618. The molecule has 2 rings (SSSR count). The summed E-state index contributed by atoms with van der Waals surface area (Å²) in [5.74, 6) is 1.74. The van der Waals surface area contributed by atoms with Crippen molar-refractivity contribution in [2.45, 2.75) is 13.3 Å². The fourth-order valence-corrected chi connectivity index (χ4v) is 3.41. The predicted molar refractivity (Wildman–Crippen MR) is 88.6 cm³/mol. The highest BCUT2D eigenvalue weighted by Gasteiger charge is 2.07. The van der Waals surface area contributed by atoms with Crippen LogP contribution in [0.1, 0.15) is 12.0 Å². The molecule has 0 bridgehead atoms. The Labute approximate surface area is 136 Å². The topological polar surface area (TPSA) is 18.5 Å². The Morgan fingerprint density at radius 1 is 0.900 bits per heavy atom. The second kappa shape index (κ2) is 7.70. The molecule has 0 saturated heterocycles. The number of hydrogen-bond donors (Lipinski definition) is 0. The molecule has 106 valence electrons. The molecule has 2 aromatic carbocycles. The van der Waals surface area contributed by atoms with E-state index in [-0.39, 0.29) is 0 Å². The average molecular weight is 400 g/mol. The Hall–Kier alpha value is -1.00. The highest BCUT2D eigenvalue weighted by Crippen LogP contribution is 2.34. The number of para-hydroxylation sites is 1. The summed E-state index contributed by atoms with van der Waals surface area (Å²) in [6.45, 7) is 3.31. The van der Waals surface area contributed by atoms with Crippen molar-refractivity contribution in [1.82, 2.24) is 0 Å². The quantitative estimate of drug-likeness (QED) is 0.608. The smallest absolute Gasteiger partial charge is 0.147 e. The van der Waals surface area contributed by atoms with Gasteiger partial charge in [0.2, 0.25) is 0 Å². The fourth-order valence-electron chi connectivity index (χ4n) is 1.76. The normalized spacial score (nSPS) is 10.3. The Morgan fingerprint density at radius 3 is 2.15 bits per heavy atom. The lowest BCUT2D eigenvalue weighted by Gasteiger charge is -2.11. The van der Waals surface area contributed by atoms with Crippen LogP contribution in [0.5, 0.6) is 11.5 Å². The number of hydrogen-bond acceptors (Lipinski definition) is 2. The lowest BCUT2D eigenvalue weighted by Crippen LogP contribution is -2.05. The molecule has 0 amide bonds. The zero-order valence-corrected chi connectivity index (χ0v) is 14.4. The second-order valence-corrected chi connectivity index (χ2v) is 6.13. The standard InChI is InChI=1S/C16H16Br2O2/c1-12-10-14(17)16(15(18)11-12)20-9-5-8-19-13-6-3-2-4-7-13/h2-4,6-7,10-11H,5,8-9H2,1H3. The van der Waals surface area contributed by atoms with E-state index < -0.39 is 0 Å². The predicted octanol–water partition coefficient (Wildman–Crippen LogP) is 5.37. The van der Waals surface area contributed by atoms with Crippen LogP contribution in [0.4, 0.5) is 0 Å². The van der Waals surface area contributed by atoms with E-state index in [9.17, 15) is 0 Å². The van der Waals surface area contributed by atoms with Gasteiger partial charge in [-0.2, -0.15) is 0 Å². The van der Waals surface area contributed by atoms with E-state index in [1.807, 2.05) is 49.4 Å². The van der Waals surface area contributed by atoms with E-state index >= 15 is 0 Å². The number of halogens is 2. The molecule has 0 aromatic heterocycles. The maximum atomic E-state index is 5.79. The third-order valence-electron chi connectivity index (χ3n) is 2.69. The summed E-state index contributed by atoms with van der Waals surface area (Å²) in [7, 11) is 0. The number of ether oxygens (including phenoxy) is 2. The van der Waals surface area contributed by atoms with Crippen molar-refractivity contribution in [2.24, 2.45) is 0 Å². The average Bonchev–Trinajstić information content (AvgIpc) is 2.42.